The number of pyridine rings is 1. The summed E-state index contributed by atoms with van der Waals surface area (Å²) >= 11 is 0. The van der Waals surface area contributed by atoms with Crippen molar-refractivity contribution in [3.05, 3.63) is 51.3 Å². The lowest BCUT2D eigenvalue weighted by atomic mass is 9.96. The van der Waals surface area contributed by atoms with Crippen molar-refractivity contribution in [2.24, 2.45) is 0 Å². The summed E-state index contributed by atoms with van der Waals surface area (Å²) in [5.41, 5.74) is 6.62. The lowest BCUT2D eigenvalue weighted by molar-refractivity contribution is 0.942. The van der Waals surface area contributed by atoms with Crippen LogP contribution in [-0.2, 0) is 0 Å². The van der Waals surface area contributed by atoms with Gasteiger partial charge in [-0.05, 0) is 12.5 Å². The average Bonchev–Trinajstić information content (AvgIpc) is 2.45. The Kier molecular flexibility index (Phi) is 3.16. The van der Waals surface area contributed by atoms with Gasteiger partial charge in [-0.1, -0.05) is 29.8 Å². The van der Waals surface area contributed by atoms with Crippen LogP contribution in [0.1, 0.15) is 16.7 Å². The van der Waals surface area contributed by atoms with Gasteiger partial charge in [0, 0.05) is 5.56 Å². The van der Waals surface area contributed by atoms with E-state index >= 15 is 0 Å². The van der Waals surface area contributed by atoms with Crippen molar-refractivity contribution in [1.29, 1.82) is 10.5 Å². The molecule has 98 valence electrons. The predicted molar refractivity (Wildman–Crippen MR) is 74.9 cm³/mol. The molecule has 0 aliphatic rings. The van der Waals surface area contributed by atoms with Gasteiger partial charge in [-0.3, -0.25) is 4.79 Å². The SMILES string of the molecule is Cc1ccc(-c2c(C#N)c(N)n(N)c(=O)c2C#N)cc1. The number of benzene rings is 1. The Bertz CT molecular complexity index is 819. The molecule has 0 atom stereocenters. The molecule has 0 bridgehead atoms. The smallest absolute Gasteiger partial charge is 0.289 e. The van der Waals surface area contributed by atoms with Crippen molar-refractivity contribution < 1.29 is 0 Å². The predicted octanol–water partition coefficient (Wildman–Crippen LogP) is 0.863. The fraction of sp³-hybridized carbons (Fsp3) is 0.0714. The second-order valence-electron chi connectivity index (χ2n) is 4.28. The van der Waals surface area contributed by atoms with E-state index in [0.717, 1.165) is 5.56 Å². The van der Waals surface area contributed by atoms with Gasteiger partial charge in [-0.25, -0.2) is 4.68 Å². The molecule has 6 nitrogen and oxygen atoms in total. The van der Waals surface area contributed by atoms with Crippen LogP contribution in [-0.4, -0.2) is 4.68 Å². The fourth-order valence-electron chi connectivity index (χ4n) is 1.94. The molecular weight excluding hydrogens is 254 g/mol. The highest BCUT2D eigenvalue weighted by Gasteiger charge is 2.20. The molecule has 0 aliphatic carbocycles. The zero-order valence-corrected chi connectivity index (χ0v) is 10.7. The first-order valence-electron chi connectivity index (χ1n) is 5.72. The molecule has 2 aromatic rings. The van der Waals surface area contributed by atoms with Gasteiger partial charge in [0.2, 0.25) is 0 Å². The van der Waals surface area contributed by atoms with Crippen molar-refractivity contribution in [3.63, 3.8) is 0 Å². The van der Waals surface area contributed by atoms with Crippen LogP contribution in [0, 0.1) is 29.6 Å². The molecule has 0 aliphatic heterocycles. The van der Waals surface area contributed by atoms with Gasteiger partial charge >= 0.3 is 0 Å². The number of hydrogen-bond donors (Lipinski definition) is 2. The van der Waals surface area contributed by atoms with Gasteiger partial charge in [0.15, 0.2) is 0 Å². The van der Waals surface area contributed by atoms with Gasteiger partial charge in [0.1, 0.15) is 29.1 Å². The molecule has 0 radical (unpaired) electrons. The number of anilines is 1. The first-order valence-corrected chi connectivity index (χ1v) is 5.72. The molecule has 0 unspecified atom stereocenters. The van der Waals surface area contributed by atoms with Crippen LogP contribution in [0.2, 0.25) is 0 Å². The summed E-state index contributed by atoms with van der Waals surface area (Å²) in [5, 5.41) is 18.4. The summed E-state index contributed by atoms with van der Waals surface area (Å²) in [6.07, 6.45) is 0. The fourth-order valence-corrected chi connectivity index (χ4v) is 1.94. The maximum atomic E-state index is 12.0. The highest BCUT2D eigenvalue weighted by molar-refractivity contribution is 5.80. The molecule has 0 saturated heterocycles. The third kappa shape index (κ3) is 1.86. The van der Waals surface area contributed by atoms with Crippen LogP contribution in [0.25, 0.3) is 11.1 Å². The molecular formula is C14H11N5O. The van der Waals surface area contributed by atoms with E-state index in [-0.39, 0.29) is 22.5 Å². The molecule has 0 spiro atoms. The van der Waals surface area contributed by atoms with Crippen LogP contribution in [0.15, 0.2) is 29.1 Å². The standard InChI is InChI=1S/C14H11N5O/c1-8-2-4-9(5-3-8)12-10(6-15)13(17)19(18)14(20)11(12)7-16/h2-5H,17-18H2,1H3. The molecule has 0 fully saturated rings. The molecule has 20 heavy (non-hydrogen) atoms. The number of nitriles is 2. The Morgan fingerprint density at radius 3 is 2.15 bits per heavy atom. The van der Waals surface area contributed by atoms with E-state index in [0.29, 0.717) is 10.2 Å². The Morgan fingerprint density at radius 1 is 1.10 bits per heavy atom. The van der Waals surface area contributed by atoms with E-state index in [1.165, 1.54) is 0 Å². The third-order valence-corrected chi connectivity index (χ3v) is 3.01. The molecule has 4 N–H and O–H groups in total. The van der Waals surface area contributed by atoms with Crippen molar-refractivity contribution >= 4 is 5.82 Å². The Balaban J connectivity index is 2.96. The average molecular weight is 265 g/mol. The third-order valence-electron chi connectivity index (χ3n) is 3.01. The van der Waals surface area contributed by atoms with Crippen LogP contribution in [0.5, 0.6) is 0 Å². The summed E-state index contributed by atoms with van der Waals surface area (Å²) in [5.74, 6) is 5.32. The quantitative estimate of drug-likeness (QED) is 0.740. The highest BCUT2D eigenvalue weighted by atomic mass is 16.1. The highest BCUT2D eigenvalue weighted by Crippen LogP contribution is 2.28. The lowest BCUT2D eigenvalue weighted by Gasteiger charge is -2.12. The van der Waals surface area contributed by atoms with Gasteiger partial charge < -0.3 is 11.6 Å². The Hall–Kier alpha value is -3.25. The maximum Gasteiger partial charge on any atom is 0.289 e. The van der Waals surface area contributed by atoms with Crippen molar-refractivity contribution in [2.75, 3.05) is 11.6 Å². The van der Waals surface area contributed by atoms with Crippen molar-refractivity contribution in [2.45, 2.75) is 6.92 Å². The lowest BCUT2D eigenvalue weighted by Crippen LogP contribution is -2.33. The number of rotatable bonds is 1. The summed E-state index contributed by atoms with van der Waals surface area (Å²) < 4.78 is 0.620. The summed E-state index contributed by atoms with van der Waals surface area (Å²) in [7, 11) is 0. The van der Waals surface area contributed by atoms with Gasteiger partial charge in [0.25, 0.3) is 5.56 Å². The Morgan fingerprint density at radius 2 is 1.65 bits per heavy atom. The number of aryl methyl sites for hydroxylation is 1. The molecule has 2 rings (SSSR count). The van der Waals surface area contributed by atoms with Crippen molar-refractivity contribution in [3.8, 4) is 23.3 Å². The molecule has 1 aromatic carbocycles. The minimum Gasteiger partial charge on any atom is -0.382 e. The zero-order chi connectivity index (χ0) is 14.9. The minimum atomic E-state index is -0.723. The molecule has 6 heteroatoms. The second-order valence-corrected chi connectivity index (χ2v) is 4.28. The van der Waals surface area contributed by atoms with E-state index in [2.05, 4.69) is 0 Å². The van der Waals surface area contributed by atoms with Gasteiger partial charge in [-0.15, -0.1) is 0 Å². The number of nitrogens with two attached hydrogens (primary N) is 2. The largest absolute Gasteiger partial charge is 0.382 e. The van der Waals surface area contributed by atoms with Crippen molar-refractivity contribution in [1.82, 2.24) is 4.68 Å². The number of nitrogens with zero attached hydrogens (tertiary/aromatic N) is 3. The first-order chi connectivity index (χ1) is 9.51. The van der Waals surface area contributed by atoms with E-state index in [1.54, 1.807) is 18.2 Å². The Labute approximate surface area is 115 Å². The normalized spacial score (nSPS) is 9.75. The van der Waals surface area contributed by atoms with Crippen LogP contribution >= 0.6 is 0 Å². The zero-order valence-electron chi connectivity index (χ0n) is 10.7. The maximum absolute atomic E-state index is 12.0. The van der Waals surface area contributed by atoms with E-state index < -0.39 is 5.56 Å². The van der Waals surface area contributed by atoms with E-state index in [9.17, 15) is 15.3 Å². The van der Waals surface area contributed by atoms with E-state index in [4.69, 9.17) is 11.6 Å². The molecule has 0 amide bonds. The number of nitrogen functional groups attached to an aromatic ring is 2. The van der Waals surface area contributed by atoms with Gasteiger partial charge in [-0.2, -0.15) is 10.5 Å². The van der Waals surface area contributed by atoms with E-state index in [1.807, 2.05) is 25.1 Å². The van der Waals surface area contributed by atoms with Crippen LogP contribution in [0.4, 0.5) is 5.82 Å². The van der Waals surface area contributed by atoms with Crippen LogP contribution < -0.4 is 17.1 Å². The molecule has 1 heterocycles. The second kappa shape index (κ2) is 4.79. The summed E-state index contributed by atoms with van der Waals surface area (Å²) in [4.78, 5) is 12.0. The van der Waals surface area contributed by atoms with Gasteiger partial charge in [0.05, 0.1) is 0 Å². The number of aromatic nitrogens is 1. The summed E-state index contributed by atoms with van der Waals surface area (Å²) in [6.45, 7) is 1.91. The first kappa shape index (κ1) is 13.2. The topological polar surface area (TPSA) is 122 Å². The molecule has 0 saturated carbocycles. The monoisotopic (exact) mass is 265 g/mol. The number of hydrogen-bond acceptors (Lipinski definition) is 5. The molecule has 1 aromatic heterocycles. The summed E-state index contributed by atoms with van der Waals surface area (Å²) in [6, 6.07) is 10.8. The van der Waals surface area contributed by atoms with Crippen LogP contribution in [0.3, 0.4) is 0 Å². The minimum absolute atomic E-state index is 0.0208.